The highest BCUT2D eigenvalue weighted by Gasteiger charge is 2.21. The van der Waals surface area contributed by atoms with Crippen LogP contribution in [0.5, 0.6) is 0 Å². The van der Waals surface area contributed by atoms with Gasteiger partial charge in [-0.3, -0.25) is 14.6 Å². The third kappa shape index (κ3) is 5.48. The van der Waals surface area contributed by atoms with Crippen LogP contribution in [0.3, 0.4) is 0 Å². The summed E-state index contributed by atoms with van der Waals surface area (Å²) in [7, 11) is 0. The van der Waals surface area contributed by atoms with Gasteiger partial charge >= 0.3 is 0 Å². The normalized spacial score (nSPS) is 10.6. The molecule has 0 saturated carbocycles. The maximum absolute atomic E-state index is 13.1. The number of carbonyl (C=O) groups excluding carboxylic acids is 2. The minimum atomic E-state index is -0.331. The zero-order chi connectivity index (χ0) is 20.6. The van der Waals surface area contributed by atoms with Crippen molar-refractivity contribution in [3.63, 3.8) is 0 Å². The van der Waals surface area contributed by atoms with Crippen LogP contribution in [-0.2, 0) is 13.1 Å². The van der Waals surface area contributed by atoms with Crippen LogP contribution in [0.15, 0.2) is 73.1 Å². The summed E-state index contributed by atoms with van der Waals surface area (Å²) < 4.78 is 0. The van der Waals surface area contributed by atoms with Crippen molar-refractivity contribution >= 4 is 11.8 Å². The molecule has 0 aliphatic heterocycles. The molecule has 2 heterocycles. The number of nitrogens with zero attached hydrogens (tertiary/aromatic N) is 3. The molecule has 1 N–H and O–H groups in total. The fourth-order valence-corrected chi connectivity index (χ4v) is 2.87. The lowest BCUT2D eigenvalue weighted by atomic mass is 10.1. The third-order valence-electron chi connectivity index (χ3n) is 4.46. The quantitative estimate of drug-likeness (QED) is 0.673. The van der Waals surface area contributed by atoms with Gasteiger partial charge in [-0.15, -0.1) is 0 Å². The van der Waals surface area contributed by atoms with Gasteiger partial charge in [-0.1, -0.05) is 42.5 Å². The molecule has 0 bridgehead atoms. The Bertz CT molecular complexity index is 959. The molecular weight excluding hydrogens is 364 g/mol. The van der Waals surface area contributed by atoms with Crippen molar-refractivity contribution < 1.29 is 9.59 Å². The van der Waals surface area contributed by atoms with Crippen molar-refractivity contribution in [1.29, 1.82) is 0 Å². The maximum Gasteiger partial charge on any atom is 0.273 e. The van der Waals surface area contributed by atoms with E-state index in [1.54, 1.807) is 35.5 Å². The fraction of sp³-hybridized carbons (Fsp3) is 0.217. The van der Waals surface area contributed by atoms with Gasteiger partial charge in [-0.05, 0) is 43.2 Å². The number of rotatable bonds is 7. The summed E-state index contributed by atoms with van der Waals surface area (Å²) in [6, 6.07) is 18.4. The molecule has 148 valence electrons. The predicted octanol–water partition coefficient (Wildman–Crippen LogP) is 3.46. The number of carbonyl (C=O) groups is 2. The number of amides is 2. The van der Waals surface area contributed by atoms with Crippen molar-refractivity contribution in [1.82, 2.24) is 20.2 Å². The molecule has 0 atom stereocenters. The Hall–Kier alpha value is -3.54. The van der Waals surface area contributed by atoms with Crippen LogP contribution in [-0.4, -0.2) is 32.7 Å². The lowest BCUT2D eigenvalue weighted by Gasteiger charge is -2.26. The molecule has 0 spiro atoms. The van der Waals surface area contributed by atoms with Gasteiger partial charge in [-0.25, -0.2) is 4.98 Å². The lowest BCUT2D eigenvalue weighted by Crippen LogP contribution is -2.37. The van der Waals surface area contributed by atoms with Crippen molar-refractivity contribution in [2.75, 3.05) is 0 Å². The highest BCUT2D eigenvalue weighted by atomic mass is 16.2. The Balaban J connectivity index is 1.72. The molecule has 0 saturated heterocycles. The Morgan fingerprint density at radius 1 is 0.931 bits per heavy atom. The van der Waals surface area contributed by atoms with Crippen molar-refractivity contribution in [2.24, 2.45) is 0 Å². The molecule has 0 aliphatic rings. The largest absolute Gasteiger partial charge is 0.347 e. The lowest BCUT2D eigenvalue weighted by molar-refractivity contribution is 0.0684. The average molecular weight is 388 g/mol. The topological polar surface area (TPSA) is 75.2 Å². The minimum Gasteiger partial charge on any atom is -0.347 e. The fourth-order valence-electron chi connectivity index (χ4n) is 2.87. The van der Waals surface area contributed by atoms with Gasteiger partial charge in [0.15, 0.2) is 0 Å². The second-order valence-corrected chi connectivity index (χ2v) is 6.96. The molecule has 2 amide bonds. The number of aromatic nitrogens is 2. The second kappa shape index (κ2) is 9.59. The van der Waals surface area contributed by atoms with Gasteiger partial charge in [0, 0.05) is 31.5 Å². The zero-order valence-electron chi connectivity index (χ0n) is 16.6. The molecule has 0 unspecified atom stereocenters. The summed E-state index contributed by atoms with van der Waals surface area (Å²) >= 11 is 0. The number of hydrogen-bond donors (Lipinski definition) is 1. The van der Waals surface area contributed by atoms with Gasteiger partial charge in [0.05, 0.1) is 0 Å². The third-order valence-corrected chi connectivity index (χ3v) is 4.46. The molecule has 3 rings (SSSR count). The molecule has 6 heteroatoms. The van der Waals surface area contributed by atoms with E-state index in [0.717, 1.165) is 11.1 Å². The van der Waals surface area contributed by atoms with E-state index in [1.165, 1.54) is 0 Å². The first-order valence-electron chi connectivity index (χ1n) is 9.53. The monoisotopic (exact) mass is 388 g/mol. The summed E-state index contributed by atoms with van der Waals surface area (Å²) in [6.45, 7) is 4.76. The number of nitrogens with one attached hydrogen (secondary N) is 1. The highest BCUT2D eigenvalue weighted by Crippen LogP contribution is 2.13. The van der Waals surface area contributed by atoms with Crippen LogP contribution >= 0.6 is 0 Å². The first kappa shape index (κ1) is 20.2. The van der Waals surface area contributed by atoms with Crippen LogP contribution in [0.25, 0.3) is 0 Å². The van der Waals surface area contributed by atoms with Crippen LogP contribution < -0.4 is 5.32 Å². The molecule has 0 aliphatic carbocycles. The number of benzene rings is 1. The molecule has 6 nitrogen and oxygen atoms in total. The zero-order valence-corrected chi connectivity index (χ0v) is 16.6. The van der Waals surface area contributed by atoms with Gasteiger partial charge in [0.25, 0.3) is 11.8 Å². The van der Waals surface area contributed by atoms with Gasteiger partial charge in [0.2, 0.25) is 0 Å². The van der Waals surface area contributed by atoms with E-state index in [-0.39, 0.29) is 29.2 Å². The van der Waals surface area contributed by atoms with Crippen LogP contribution in [0.2, 0.25) is 0 Å². The SMILES string of the molecule is CC(C)N(Cc1ccccc1)C(=O)c1cccc(C(=O)NCc2cccnc2)n1. The summed E-state index contributed by atoms with van der Waals surface area (Å²) in [4.78, 5) is 35.6. The van der Waals surface area contributed by atoms with E-state index in [1.807, 2.05) is 56.3 Å². The summed E-state index contributed by atoms with van der Waals surface area (Å²) in [5.41, 5.74) is 2.40. The Kier molecular flexibility index (Phi) is 6.68. The van der Waals surface area contributed by atoms with Crippen molar-refractivity contribution in [3.05, 3.63) is 95.6 Å². The Morgan fingerprint density at radius 2 is 1.66 bits per heavy atom. The molecule has 2 aromatic heterocycles. The van der Waals surface area contributed by atoms with E-state index in [0.29, 0.717) is 13.1 Å². The number of pyridine rings is 2. The van der Waals surface area contributed by atoms with E-state index >= 15 is 0 Å². The molecule has 3 aromatic rings. The smallest absolute Gasteiger partial charge is 0.273 e. The highest BCUT2D eigenvalue weighted by molar-refractivity contribution is 5.96. The molecule has 0 fully saturated rings. The number of hydrogen-bond acceptors (Lipinski definition) is 4. The summed E-state index contributed by atoms with van der Waals surface area (Å²) in [6.07, 6.45) is 3.37. The van der Waals surface area contributed by atoms with Crippen LogP contribution in [0.1, 0.15) is 46.0 Å². The standard InChI is InChI=1S/C23H24N4O2/c1-17(2)27(16-18-8-4-3-5-9-18)23(29)21-12-6-11-20(26-21)22(28)25-15-19-10-7-13-24-14-19/h3-14,17H,15-16H2,1-2H3,(H,25,28). The van der Waals surface area contributed by atoms with Crippen LogP contribution in [0, 0.1) is 0 Å². The van der Waals surface area contributed by atoms with Gasteiger partial charge < -0.3 is 10.2 Å². The van der Waals surface area contributed by atoms with E-state index in [4.69, 9.17) is 0 Å². The summed E-state index contributed by atoms with van der Waals surface area (Å²) in [5, 5.41) is 2.81. The molecule has 29 heavy (non-hydrogen) atoms. The minimum absolute atomic E-state index is 0.00688. The van der Waals surface area contributed by atoms with Crippen LogP contribution in [0.4, 0.5) is 0 Å². The maximum atomic E-state index is 13.1. The Labute approximate surface area is 170 Å². The first-order chi connectivity index (χ1) is 14.0. The van der Waals surface area contributed by atoms with Crippen molar-refractivity contribution in [3.8, 4) is 0 Å². The van der Waals surface area contributed by atoms with Crippen molar-refractivity contribution in [2.45, 2.75) is 33.0 Å². The van der Waals surface area contributed by atoms with E-state index in [2.05, 4.69) is 15.3 Å². The first-order valence-corrected chi connectivity index (χ1v) is 9.53. The molecular formula is C23H24N4O2. The van der Waals surface area contributed by atoms with Gasteiger partial charge in [0.1, 0.15) is 11.4 Å². The summed E-state index contributed by atoms with van der Waals surface area (Å²) in [5.74, 6) is -0.534. The Morgan fingerprint density at radius 3 is 2.34 bits per heavy atom. The van der Waals surface area contributed by atoms with E-state index in [9.17, 15) is 9.59 Å². The second-order valence-electron chi connectivity index (χ2n) is 6.96. The predicted molar refractivity (Wildman–Crippen MR) is 111 cm³/mol. The van der Waals surface area contributed by atoms with E-state index < -0.39 is 0 Å². The molecule has 0 radical (unpaired) electrons. The molecule has 1 aromatic carbocycles. The van der Waals surface area contributed by atoms with Gasteiger partial charge in [-0.2, -0.15) is 0 Å². The average Bonchev–Trinajstić information content (AvgIpc) is 2.76.